The largest absolute Gasteiger partial charge is 0.351 e. The number of H-pyrrole nitrogens is 1. The fourth-order valence-electron chi connectivity index (χ4n) is 6.93. The molecule has 2 fully saturated rings. The quantitative estimate of drug-likeness (QED) is 0.790. The number of aromatic nitrogens is 2. The third-order valence-corrected chi connectivity index (χ3v) is 8.32. The third kappa shape index (κ3) is 2.04. The van der Waals surface area contributed by atoms with Gasteiger partial charge < -0.3 is 4.98 Å². The fraction of sp³-hybridized carbons (Fsp3) is 0.636. The fourth-order valence-corrected chi connectivity index (χ4v) is 6.93. The first-order chi connectivity index (χ1) is 12.0. The lowest BCUT2D eigenvalue weighted by Gasteiger charge is -2.57. The van der Waals surface area contributed by atoms with Crippen molar-refractivity contribution in [2.75, 3.05) is 0 Å². The van der Waals surface area contributed by atoms with Gasteiger partial charge in [0.05, 0.1) is 12.0 Å². The van der Waals surface area contributed by atoms with Gasteiger partial charge in [-0.15, -0.1) is 0 Å². The number of hydrogen-bond acceptors (Lipinski definition) is 2. The minimum absolute atomic E-state index is 0.271. The van der Waals surface area contributed by atoms with Crippen molar-refractivity contribution in [2.24, 2.45) is 28.6 Å². The molecular weight excluding hydrogens is 308 g/mol. The summed E-state index contributed by atoms with van der Waals surface area (Å²) in [5, 5.41) is 0. The average Bonchev–Trinajstić information content (AvgIpc) is 3.22. The summed E-state index contributed by atoms with van der Waals surface area (Å²) in [7, 11) is 0. The van der Waals surface area contributed by atoms with Crippen LogP contribution in [0.3, 0.4) is 0 Å². The Hall–Kier alpha value is -1.64. The van der Waals surface area contributed by atoms with E-state index in [1.165, 1.54) is 36.8 Å². The predicted octanol–water partition coefficient (Wildman–Crippen LogP) is 4.93. The first kappa shape index (κ1) is 15.6. The molecule has 3 heteroatoms. The Kier molecular flexibility index (Phi) is 3.24. The maximum absolute atomic E-state index is 11.9. The molecule has 132 valence electrons. The Balaban J connectivity index is 1.49. The Morgan fingerprint density at radius 2 is 2.00 bits per heavy atom. The van der Waals surface area contributed by atoms with E-state index >= 15 is 0 Å². The number of nitrogens with one attached hydrogen (secondary N) is 1. The van der Waals surface area contributed by atoms with Crippen LogP contribution < -0.4 is 0 Å². The normalized spacial score (nSPS) is 43.0. The van der Waals surface area contributed by atoms with Crippen LogP contribution >= 0.6 is 0 Å². The van der Waals surface area contributed by atoms with Gasteiger partial charge in [-0.25, -0.2) is 4.98 Å². The summed E-state index contributed by atoms with van der Waals surface area (Å²) < 4.78 is 0. The Labute approximate surface area is 150 Å². The van der Waals surface area contributed by atoms with Crippen molar-refractivity contribution >= 4 is 11.4 Å². The van der Waals surface area contributed by atoms with Crippen molar-refractivity contribution < 1.29 is 4.79 Å². The molecule has 0 bridgehead atoms. The van der Waals surface area contributed by atoms with Gasteiger partial charge in [0.25, 0.3) is 0 Å². The van der Waals surface area contributed by atoms with Crippen molar-refractivity contribution in [3.63, 3.8) is 0 Å². The van der Waals surface area contributed by atoms with Gasteiger partial charge in [0.15, 0.2) is 5.78 Å². The number of hydrogen-bond donors (Lipinski definition) is 1. The molecule has 1 aromatic heterocycles. The maximum Gasteiger partial charge on any atom is 0.155 e. The topological polar surface area (TPSA) is 45.8 Å². The number of imidazole rings is 1. The van der Waals surface area contributed by atoms with Crippen molar-refractivity contribution in [1.82, 2.24) is 9.97 Å². The molecule has 0 spiro atoms. The van der Waals surface area contributed by atoms with Crippen LogP contribution in [-0.4, -0.2) is 15.8 Å². The van der Waals surface area contributed by atoms with E-state index < -0.39 is 0 Å². The molecule has 1 heterocycles. The number of nitrogens with zero attached hydrogens (tertiary/aromatic N) is 1. The first-order valence-electron chi connectivity index (χ1n) is 9.96. The van der Waals surface area contributed by atoms with E-state index in [1.807, 2.05) is 6.08 Å². The van der Waals surface area contributed by atoms with Crippen molar-refractivity contribution in [1.29, 1.82) is 0 Å². The first-order valence-corrected chi connectivity index (χ1v) is 9.96. The lowest BCUT2D eigenvalue weighted by atomic mass is 9.47. The highest BCUT2D eigenvalue weighted by atomic mass is 16.1. The van der Waals surface area contributed by atoms with E-state index in [0.717, 1.165) is 42.7 Å². The lowest BCUT2D eigenvalue weighted by Crippen LogP contribution is -2.49. The van der Waals surface area contributed by atoms with E-state index in [0.29, 0.717) is 5.78 Å². The number of allylic oxidation sites excluding steroid dienone is 4. The van der Waals surface area contributed by atoms with Gasteiger partial charge in [0.2, 0.25) is 0 Å². The molecule has 1 N–H and O–H groups in total. The van der Waals surface area contributed by atoms with Gasteiger partial charge in [-0.2, -0.15) is 0 Å². The molecule has 4 aliphatic carbocycles. The minimum atomic E-state index is 0.271. The number of carbonyl (C=O) groups is 1. The van der Waals surface area contributed by atoms with Gasteiger partial charge in [0, 0.05) is 12.6 Å². The second-order valence-electron chi connectivity index (χ2n) is 9.23. The monoisotopic (exact) mass is 336 g/mol. The third-order valence-electron chi connectivity index (χ3n) is 8.32. The number of rotatable bonds is 1. The van der Waals surface area contributed by atoms with Gasteiger partial charge >= 0.3 is 0 Å². The summed E-state index contributed by atoms with van der Waals surface area (Å²) >= 11 is 0. The number of carbonyl (C=O) groups excluding carboxylic acids is 1. The highest BCUT2D eigenvalue weighted by Crippen LogP contribution is 2.66. The molecule has 1 aromatic rings. The molecular formula is C22H28N2O. The summed E-state index contributed by atoms with van der Waals surface area (Å²) in [5.41, 5.74) is 4.63. The van der Waals surface area contributed by atoms with E-state index in [1.54, 1.807) is 6.33 Å². The molecule has 0 radical (unpaired) electrons. The average molecular weight is 336 g/mol. The zero-order valence-corrected chi connectivity index (χ0v) is 15.3. The Morgan fingerprint density at radius 1 is 1.12 bits per heavy atom. The SMILES string of the molecule is C[C@]12CCC(=O)C=C1CC[C@@H]1[C@@H]2CC[C@]2(C)C(c3c[nH]cn3)=CC[C@@H]12. The van der Waals surface area contributed by atoms with Gasteiger partial charge in [-0.05, 0) is 78.8 Å². The number of fused-ring (bicyclic) bond motifs is 5. The number of aromatic amines is 1. The molecule has 2 saturated carbocycles. The van der Waals surface area contributed by atoms with E-state index in [-0.39, 0.29) is 10.8 Å². The van der Waals surface area contributed by atoms with Gasteiger partial charge in [0.1, 0.15) is 0 Å². The summed E-state index contributed by atoms with van der Waals surface area (Å²) in [4.78, 5) is 19.6. The Morgan fingerprint density at radius 3 is 2.80 bits per heavy atom. The predicted molar refractivity (Wildman–Crippen MR) is 98.7 cm³/mol. The highest BCUT2D eigenvalue weighted by molar-refractivity contribution is 5.91. The van der Waals surface area contributed by atoms with Crippen molar-refractivity contribution in [3.05, 3.63) is 35.9 Å². The molecule has 0 amide bonds. The highest BCUT2D eigenvalue weighted by Gasteiger charge is 2.57. The lowest BCUT2D eigenvalue weighted by molar-refractivity contribution is -0.117. The van der Waals surface area contributed by atoms with Gasteiger partial charge in [-0.3, -0.25) is 4.79 Å². The standard InChI is InChI=1S/C22H28N2O/c1-21-9-7-15(25)11-14(21)3-4-16-17-5-6-19(20-12-23-13-24-20)22(17,2)10-8-18(16)21/h6,11-13,16-18H,3-5,7-10H2,1-2H3,(H,23,24)/t16-,17-,18-,21-,22-/m0/s1. The second-order valence-corrected chi connectivity index (χ2v) is 9.23. The zero-order valence-electron chi connectivity index (χ0n) is 15.3. The maximum atomic E-state index is 11.9. The summed E-state index contributed by atoms with van der Waals surface area (Å²) in [6, 6.07) is 0. The molecule has 25 heavy (non-hydrogen) atoms. The summed E-state index contributed by atoms with van der Waals surface area (Å²) in [6.07, 6.45) is 16.3. The van der Waals surface area contributed by atoms with Crippen LogP contribution in [-0.2, 0) is 4.79 Å². The van der Waals surface area contributed by atoms with Crippen molar-refractivity contribution in [3.8, 4) is 0 Å². The van der Waals surface area contributed by atoms with Crippen molar-refractivity contribution in [2.45, 2.75) is 58.8 Å². The molecule has 0 unspecified atom stereocenters. The van der Waals surface area contributed by atoms with Crippen LogP contribution in [0.1, 0.15) is 64.5 Å². The van der Waals surface area contributed by atoms with Crippen LogP contribution in [0.5, 0.6) is 0 Å². The van der Waals surface area contributed by atoms with Crippen LogP contribution in [0.25, 0.3) is 5.57 Å². The second kappa shape index (κ2) is 5.18. The van der Waals surface area contributed by atoms with E-state index in [2.05, 4.69) is 36.1 Å². The minimum Gasteiger partial charge on any atom is -0.351 e. The van der Waals surface area contributed by atoms with Gasteiger partial charge in [-0.1, -0.05) is 25.5 Å². The van der Waals surface area contributed by atoms with E-state index in [9.17, 15) is 4.79 Å². The molecule has 3 nitrogen and oxygen atoms in total. The molecule has 0 saturated heterocycles. The van der Waals surface area contributed by atoms with Crippen LogP contribution in [0, 0.1) is 28.6 Å². The Bertz CT molecular complexity index is 774. The van der Waals surface area contributed by atoms with E-state index in [4.69, 9.17) is 0 Å². The summed E-state index contributed by atoms with van der Waals surface area (Å²) in [6.45, 7) is 4.95. The van der Waals surface area contributed by atoms with Crippen LogP contribution in [0.2, 0.25) is 0 Å². The summed E-state index contributed by atoms with van der Waals surface area (Å²) in [5.74, 6) is 2.65. The van der Waals surface area contributed by atoms with Crippen LogP contribution in [0.4, 0.5) is 0 Å². The zero-order chi connectivity index (χ0) is 17.2. The molecule has 0 aromatic carbocycles. The molecule has 5 rings (SSSR count). The molecule has 5 atom stereocenters. The number of ketones is 1. The molecule has 0 aliphatic heterocycles. The van der Waals surface area contributed by atoms with Crippen LogP contribution in [0.15, 0.2) is 30.2 Å². The smallest absolute Gasteiger partial charge is 0.155 e. The molecule has 4 aliphatic rings.